The number of hydrogen-bond donors (Lipinski definition) is 2. The summed E-state index contributed by atoms with van der Waals surface area (Å²) in [7, 11) is 1.62. The Morgan fingerprint density at radius 1 is 1.15 bits per heavy atom. The smallest absolute Gasteiger partial charge is 0.213 e. The number of methoxy groups -OCH3 is 1. The normalized spacial score (nSPS) is 10.1. The monoisotopic (exact) mass is 272 g/mol. The highest BCUT2D eigenvalue weighted by molar-refractivity contribution is 5.45. The fourth-order valence-electron chi connectivity index (χ4n) is 1.75. The van der Waals surface area contributed by atoms with Crippen LogP contribution in [0.5, 0.6) is 5.88 Å². The molecule has 2 heterocycles. The predicted octanol–water partition coefficient (Wildman–Crippen LogP) is 2.92. The number of rotatable bonds is 7. The first kappa shape index (κ1) is 14.1. The Kier molecular flexibility index (Phi) is 5.17. The van der Waals surface area contributed by atoms with Crippen LogP contribution in [0.3, 0.4) is 0 Å². The van der Waals surface area contributed by atoms with Gasteiger partial charge in [0.15, 0.2) is 0 Å². The molecular formula is C15H20N4O. The van der Waals surface area contributed by atoms with E-state index in [1.807, 2.05) is 30.3 Å². The van der Waals surface area contributed by atoms with Crippen molar-refractivity contribution in [2.45, 2.75) is 19.9 Å². The molecule has 106 valence electrons. The van der Waals surface area contributed by atoms with Crippen molar-refractivity contribution in [2.24, 2.45) is 0 Å². The maximum absolute atomic E-state index is 5.11. The van der Waals surface area contributed by atoms with Crippen LogP contribution in [0.2, 0.25) is 0 Å². The van der Waals surface area contributed by atoms with E-state index in [0.29, 0.717) is 12.4 Å². The highest BCUT2D eigenvalue weighted by Gasteiger charge is 1.99. The SMILES string of the molecule is CCCNc1cccc(NCc2ccnc(OC)c2)n1. The third-order valence-corrected chi connectivity index (χ3v) is 2.79. The molecule has 0 saturated heterocycles. The first-order valence-electron chi connectivity index (χ1n) is 6.75. The molecule has 0 aliphatic rings. The van der Waals surface area contributed by atoms with Gasteiger partial charge in [-0.2, -0.15) is 0 Å². The van der Waals surface area contributed by atoms with Crippen LogP contribution >= 0.6 is 0 Å². The molecule has 0 saturated carbocycles. The zero-order valence-corrected chi connectivity index (χ0v) is 11.9. The van der Waals surface area contributed by atoms with Gasteiger partial charge in [-0.3, -0.25) is 0 Å². The Morgan fingerprint density at radius 2 is 1.95 bits per heavy atom. The minimum atomic E-state index is 0.621. The Balaban J connectivity index is 1.95. The van der Waals surface area contributed by atoms with Gasteiger partial charge in [-0.15, -0.1) is 0 Å². The second-order valence-electron chi connectivity index (χ2n) is 4.39. The highest BCUT2D eigenvalue weighted by atomic mass is 16.5. The van der Waals surface area contributed by atoms with E-state index in [0.717, 1.165) is 30.2 Å². The van der Waals surface area contributed by atoms with Gasteiger partial charge in [0.05, 0.1) is 7.11 Å². The molecule has 0 atom stereocenters. The Bertz CT molecular complexity index is 545. The molecule has 2 aromatic heterocycles. The minimum absolute atomic E-state index is 0.621. The molecule has 0 aliphatic heterocycles. The highest BCUT2D eigenvalue weighted by Crippen LogP contribution is 2.13. The van der Waals surface area contributed by atoms with Crippen molar-refractivity contribution < 1.29 is 4.74 Å². The molecule has 0 fully saturated rings. The average molecular weight is 272 g/mol. The lowest BCUT2D eigenvalue weighted by Crippen LogP contribution is -2.05. The summed E-state index contributed by atoms with van der Waals surface area (Å²) in [5.74, 6) is 2.36. The van der Waals surface area contributed by atoms with Crippen LogP contribution in [0.1, 0.15) is 18.9 Å². The maximum atomic E-state index is 5.11. The minimum Gasteiger partial charge on any atom is -0.481 e. The first-order valence-corrected chi connectivity index (χ1v) is 6.75. The van der Waals surface area contributed by atoms with E-state index in [2.05, 4.69) is 27.5 Å². The standard InChI is InChI=1S/C15H20N4O/c1-3-8-16-13-5-4-6-14(19-13)18-11-12-7-9-17-15(10-12)20-2/h4-7,9-10H,3,8,11H2,1-2H3,(H2,16,18,19). The van der Waals surface area contributed by atoms with Gasteiger partial charge in [-0.25, -0.2) is 9.97 Å². The molecule has 5 heteroatoms. The second kappa shape index (κ2) is 7.33. The molecule has 0 spiro atoms. The fourth-order valence-corrected chi connectivity index (χ4v) is 1.75. The number of anilines is 2. The lowest BCUT2D eigenvalue weighted by Gasteiger charge is -2.09. The third kappa shape index (κ3) is 4.12. The molecule has 0 amide bonds. The van der Waals surface area contributed by atoms with Crippen molar-refractivity contribution in [1.29, 1.82) is 0 Å². The van der Waals surface area contributed by atoms with Gasteiger partial charge >= 0.3 is 0 Å². The average Bonchev–Trinajstić information content (AvgIpc) is 2.51. The molecule has 0 aromatic carbocycles. The van der Waals surface area contributed by atoms with Crippen molar-refractivity contribution in [3.05, 3.63) is 42.1 Å². The number of pyridine rings is 2. The quantitative estimate of drug-likeness (QED) is 0.811. The maximum Gasteiger partial charge on any atom is 0.213 e. The summed E-state index contributed by atoms with van der Waals surface area (Å²) >= 11 is 0. The second-order valence-corrected chi connectivity index (χ2v) is 4.39. The van der Waals surface area contributed by atoms with Gasteiger partial charge < -0.3 is 15.4 Å². The summed E-state index contributed by atoms with van der Waals surface area (Å²) in [4.78, 5) is 8.58. The summed E-state index contributed by atoms with van der Waals surface area (Å²) in [5, 5.41) is 6.56. The van der Waals surface area contributed by atoms with E-state index in [-0.39, 0.29) is 0 Å². The topological polar surface area (TPSA) is 59.1 Å². The predicted molar refractivity (Wildman–Crippen MR) is 81.1 cm³/mol. The van der Waals surface area contributed by atoms with E-state index >= 15 is 0 Å². The van der Waals surface area contributed by atoms with E-state index in [1.54, 1.807) is 13.3 Å². The third-order valence-electron chi connectivity index (χ3n) is 2.79. The Morgan fingerprint density at radius 3 is 2.70 bits per heavy atom. The van der Waals surface area contributed by atoms with Crippen LogP contribution in [0.25, 0.3) is 0 Å². The first-order chi connectivity index (χ1) is 9.81. The summed E-state index contributed by atoms with van der Waals surface area (Å²) in [6.07, 6.45) is 2.82. The van der Waals surface area contributed by atoms with Gasteiger partial charge in [-0.05, 0) is 30.2 Å². The molecule has 2 aromatic rings. The number of nitrogens with one attached hydrogen (secondary N) is 2. The van der Waals surface area contributed by atoms with Crippen LogP contribution in [-0.2, 0) is 6.54 Å². The van der Waals surface area contributed by atoms with E-state index < -0.39 is 0 Å². The van der Waals surface area contributed by atoms with Crippen LogP contribution in [0.15, 0.2) is 36.5 Å². The molecule has 5 nitrogen and oxygen atoms in total. The van der Waals surface area contributed by atoms with Crippen LogP contribution in [0.4, 0.5) is 11.6 Å². The van der Waals surface area contributed by atoms with Crippen molar-refractivity contribution in [3.8, 4) is 5.88 Å². The van der Waals surface area contributed by atoms with E-state index in [4.69, 9.17) is 4.74 Å². The summed E-state index contributed by atoms with van der Waals surface area (Å²) < 4.78 is 5.11. The lowest BCUT2D eigenvalue weighted by molar-refractivity contribution is 0.397. The Labute approximate surface area is 119 Å². The zero-order chi connectivity index (χ0) is 14.2. The van der Waals surface area contributed by atoms with Gasteiger partial charge in [0.1, 0.15) is 11.6 Å². The zero-order valence-electron chi connectivity index (χ0n) is 11.9. The van der Waals surface area contributed by atoms with Gasteiger partial charge in [0.25, 0.3) is 0 Å². The molecule has 0 bridgehead atoms. The largest absolute Gasteiger partial charge is 0.481 e. The van der Waals surface area contributed by atoms with Crippen molar-refractivity contribution in [1.82, 2.24) is 9.97 Å². The van der Waals surface area contributed by atoms with Crippen molar-refractivity contribution in [2.75, 3.05) is 24.3 Å². The summed E-state index contributed by atoms with van der Waals surface area (Å²) in [6.45, 7) is 3.74. The van der Waals surface area contributed by atoms with Gasteiger partial charge in [0.2, 0.25) is 5.88 Å². The molecule has 2 rings (SSSR count). The Hall–Kier alpha value is -2.30. The number of hydrogen-bond acceptors (Lipinski definition) is 5. The number of nitrogens with zero attached hydrogens (tertiary/aromatic N) is 2. The molecule has 0 aliphatic carbocycles. The van der Waals surface area contributed by atoms with Crippen LogP contribution < -0.4 is 15.4 Å². The van der Waals surface area contributed by atoms with E-state index in [9.17, 15) is 0 Å². The van der Waals surface area contributed by atoms with Crippen LogP contribution in [0, 0.1) is 0 Å². The molecule has 20 heavy (non-hydrogen) atoms. The number of ether oxygens (including phenoxy) is 1. The van der Waals surface area contributed by atoms with Gasteiger partial charge in [-0.1, -0.05) is 13.0 Å². The van der Waals surface area contributed by atoms with E-state index in [1.165, 1.54) is 0 Å². The lowest BCUT2D eigenvalue weighted by atomic mass is 10.2. The van der Waals surface area contributed by atoms with Crippen LogP contribution in [-0.4, -0.2) is 23.6 Å². The molecule has 0 radical (unpaired) electrons. The molecule has 2 N–H and O–H groups in total. The summed E-state index contributed by atoms with van der Waals surface area (Å²) in [5.41, 5.74) is 1.10. The summed E-state index contributed by atoms with van der Waals surface area (Å²) in [6, 6.07) is 9.77. The van der Waals surface area contributed by atoms with Crippen molar-refractivity contribution >= 4 is 11.6 Å². The molecular weight excluding hydrogens is 252 g/mol. The van der Waals surface area contributed by atoms with Crippen molar-refractivity contribution in [3.63, 3.8) is 0 Å². The number of aromatic nitrogens is 2. The van der Waals surface area contributed by atoms with Gasteiger partial charge in [0, 0.05) is 25.4 Å². The fraction of sp³-hybridized carbons (Fsp3) is 0.333. The molecule has 0 unspecified atom stereocenters.